The SMILES string of the molecule is Cc1nc(C2(CCNCC(=O)N(C(C)C#N)C3CC3)c3ccc(C(N)=O)cc3CCc3cc(C(N)=O)ccc32)n[nH]1. The van der Waals surface area contributed by atoms with Crippen LogP contribution < -0.4 is 16.8 Å². The fourth-order valence-corrected chi connectivity index (χ4v) is 6.02. The van der Waals surface area contributed by atoms with Crippen LogP contribution in [0.1, 0.15) is 80.8 Å². The molecule has 0 aliphatic heterocycles. The molecule has 11 nitrogen and oxygen atoms in total. The van der Waals surface area contributed by atoms with Gasteiger partial charge < -0.3 is 21.7 Å². The third kappa shape index (κ3) is 5.30. The summed E-state index contributed by atoms with van der Waals surface area (Å²) in [6.07, 6.45) is 3.51. The van der Waals surface area contributed by atoms with Gasteiger partial charge in [-0.2, -0.15) is 10.4 Å². The normalized spacial score (nSPS) is 16.0. The Kier molecular flexibility index (Phi) is 7.60. The maximum atomic E-state index is 13.1. The summed E-state index contributed by atoms with van der Waals surface area (Å²) in [5.74, 6) is 0.0452. The molecule has 0 saturated heterocycles. The maximum absolute atomic E-state index is 13.1. The first-order chi connectivity index (χ1) is 19.6. The van der Waals surface area contributed by atoms with Crippen molar-refractivity contribution < 1.29 is 14.4 Å². The number of fused-ring (bicyclic) bond motifs is 2. The van der Waals surface area contributed by atoms with Gasteiger partial charge in [0.15, 0.2) is 5.82 Å². The van der Waals surface area contributed by atoms with Gasteiger partial charge >= 0.3 is 0 Å². The number of nitriles is 1. The number of hydrogen-bond donors (Lipinski definition) is 4. The summed E-state index contributed by atoms with van der Waals surface area (Å²) < 4.78 is 0. The van der Waals surface area contributed by atoms with E-state index in [1.807, 2.05) is 31.2 Å². The number of benzene rings is 2. The van der Waals surface area contributed by atoms with E-state index in [1.54, 1.807) is 24.0 Å². The molecule has 1 aromatic heterocycles. The lowest BCUT2D eigenvalue weighted by molar-refractivity contribution is -0.131. The number of nitrogens with one attached hydrogen (secondary N) is 2. The molecular formula is C30H34N8O3. The molecule has 3 amide bonds. The number of primary amides is 2. The minimum atomic E-state index is -0.871. The zero-order chi connectivity index (χ0) is 29.3. The molecule has 1 unspecified atom stereocenters. The van der Waals surface area contributed by atoms with E-state index in [0.29, 0.717) is 48.6 Å². The number of H-pyrrole nitrogens is 1. The molecule has 11 heteroatoms. The zero-order valence-electron chi connectivity index (χ0n) is 23.2. The number of carbonyl (C=O) groups excluding carboxylic acids is 3. The van der Waals surface area contributed by atoms with E-state index in [9.17, 15) is 19.6 Å². The fraction of sp³-hybridized carbons (Fsp3) is 0.400. The number of nitrogens with two attached hydrogens (primary N) is 2. The van der Waals surface area contributed by atoms with Gasteiger partial charge in [0.2, 0.25) is 17.7 Å². The Labute approximate surface area is 238 Å². The molecule has 1 saturated carbocycles. The molecule has 1 fully saturated rings. The van der Waals surface area contributed by atoms with Crippen molar-refractivity contribution in [2.75, 3.05) is 13.1 Å². The molecule has 1 atom stereocenters. The Balaban J connectivity index is 1.56. The molecule has 5 rings (SSSR count). The van der Waals surface area contributed by atoms with Gasteiger partial charge in [-0.15, -0.1) is 0 Å². The van der Waals surface area contributed by atoms with Crippen LogP contribution in [-0.2, 0) is 23.1 Å². The largest absolute Gasteiger partial charge is 0.366 e. The Morgan fingerprint density at radius 3 is 2.15 bits per heavy atom. The van der Waals surface area contributed by atoms with Gasteiger partial charge in [0, 0.05) is 17.2 Å². The molecule has 6 N–H and O–H groups in total. The van der Waals surface area contributed by atoms with E-state index in [1.165, 1.54) is 0 Å². The van der Waals surface area contributed by atoms with Crippen LogP contribution in [0.4, 0.5) is 0 Å². The number of rotatable bonds is 10. The first-order valence-corrected chi connectivity index (χ1v) is 13.8. The first kappa shape index (κ1) is 28.0. The summed E-state index contributed by atoms with van der Waals surface area (Å²) in [7, 11) is 0. The van der Waals surface area contributed by atoms with Crippen LogP contribution in [0.3, 0.4) is 0 Å². The van der Waals surface area contributed by atoms with Crippen LogP contribution in [0.2, 0.25) is 0 Å². The topological polar surface area (TPSA) is 184 Å². The minimum Gasteiger partial charge on any atom is -0.366 e. The van der Waals surface area contributed by atoms with Gasteiger partial charge in [-0.25, -0.2) is 4.98 Å². The van der Waals surface area contributed by atoms with Crippen LogP contribution in [-0.4, -0.2) is 63.0 Å². The molecule has 212 valence electrons. The number of aromatic amines is 1. The zero-order valence-corrected chi connectivity index (χ0v) is 23.2. The molecular weight excluding hydrogens is 520 g/mol. The van der Waals surface area contributed by atoms with Crippen molar-refractivity contribution in [3.8, 4) is 6.07 Å². The lowest BCUT2D eigenvalue weighted by atomic mass is 9.69. The van der Waals surface area contributed by atoms with E-state index < -0.39 is 23.3 Å². The average molecular weight is 555 g/mol. The van der Waals surface area contributed by atoms with E-state index in [2.05, 4.69) is 21.6 Å². The quantitative estimate of drug-likeness (QED) is 0.274. The van der Waals surface area contributed by atoms with Gasteiger partial charge in [0.1, 0.15) is 11.9 Å². The molecule has 0 bridgehead atoms. The monoisotopic (exact) mass is 554 g/mol. The summed E-state index contributed by atoms with van der Waals surface area (Å²) in [5, 5.41) is 20.3. The van der Waals surface area contributed by atoms with Gasteiger partial charge in [-0.05, 0) is 99.0 Å². The van der Waals surface area contributed by atoms with Gasteiger partial charge in [-0.1, -0.05) is 12.1 Å². The highest BCUT2D eigenvalue weighted by molar-refractivity contribution is 5.94. The predicted octanol–water partition coefficient (Wildman–Crippen LogP) is 1.63. The number of hydrogen-bond acceptors (Lipinski definition) is 7. The lowest BCUT2D eigenvalue weighted by Gasteiger charge is -2.35. The second-order valence-corrected chi connectivity index (χ2v) is 10.9. The number of amides is 3. The van der Waals surface area contributed by atoms with Crippen molar-refractivity contribution in [2.45, 2.75) is 63.5 Å². The van der Waals surface area contributed by atoms with E-state index in [-0.39, 0.29) is 18.5 Å². The average Bonchev–Trinajstić information content (AvgIpc) is 3.71. The highest BCUT2D eigenvalue weighted by Crippen LogP contribution is 2.46. The maximum Gasteiger partial charge on any atom is 0.248 e. The minimum absolute atomic E-state index is 0.0898. The Morgan fingerprint density at radius 2 is 1.68 bits per heavy atom. The molecule has 0 spiro atoms. The molecule has 2 aliphatic carbocycles. The summed E-state index contributed by atoms with van der Waals surface area (Å²) in [6.45, 7) is 4.09. The van der Waals surface area contributed by atoms with Crippen molar-refractivity contribution in [3.63, 3.8) is 0 Å². The highest BCUT2D eigenvalue weighted by Gasteiger charge is 2.44. The van der Waals surface area contributed by atoms with Gasteiger partial charge in [0.05, 0.1) is 18.0 Å². The predicted molar refractivity (Wildman–Crippen MR) is 151 cm³/mol. The van der Waals surface area contributed by atoms with Crippen molar-refractivity contribution in [3.05, 3.63) is 81.4 Å². The Morgan fingerprint density at radius 1 is 1.10 bits per heavy atom. The smallest absolute Gasteiger partial charge is 0.248 e. The molecule has 3 aromatic rings. The molecule has 0 radical (unpaired) electrons. The third-order valence-electron chi connectivity index (χ3n) is 8.13. The van der Waals surface area contributed by atoms with Crippen molar-refractivity contribution in [1.29, 1.82) is 5.26 Å². The van der Waals surface area contributed by atoms with Crippen molar-refractivity contribution >= 4 is 17.7 Å². The lowest BCUT2D eigenvalue weighted by Crippen LogP contribution is -2.45. The molecule has 2 aromatic carbocycles. The summed E-state index contributed by atoms with van der Waals surface area (Å²) in [6, 6.07) is 12.7. The summed E-state index contributed by atoms with van der Waals surface area (Å²) in [4.78, 5) is 43.7. The highest BCUT2D eigenvalue weighted by atomic mass is 16.2. The first-order valence-electron chi connectivity index (χ1n) is 13.8. The Hall–Kier alpha value is -4.56. The van der Waals surface area contributed by atoms with Gasteiger partial charge in [-0.3, -0.25) is 19.5 Å². The molecule has 41 heavy (non-hydrogen) atoms. The molecule has 2 aliphatic rings. The van der Waals surface area contributed by atoms with Crippen molar-refractivity contribution in [2.24, 2.45) is 11.5 Å². The number of aryl methyl sites for hydroxylation is 3. The number of nitrogens with zero attached hydrogens (tertiary/aromatic N) is 4. The Bertz CT molecular complexity index is 1490. The van der Waals surface area contributed by atoms with Gasteiger partial charge in [0.25, 0.3) is 0 Å². The second-order valence-electron chi connectivity index (χ2n) is 10.9. The standard InChI is InChI=1S/C30H34N8O3/c1-17(15-31)38(23-7-8-23)26(39)16-34-12-11-30(29-35-18(2)36-37-29)24-9-5-21(27(32)40)13-19(24)3-4-20-14-22(28(33)41)6-10-25(20)30/h5-6,9-10,13-14,17,23,34H,3-4,7-8,11-12,16H2,1-2H3,(H2,32,40)(H2,33,41)(H,35,36,37). The fourth-order valence-electron chi connectivity index (χ4n) is 6.02. The van der Waals surface area contributed by atoms with Crippen LogP contribution in [0.15, 0.2) is 36.4 Å². The summed E-state index contributed by atoms with van der Waals surface area (Å²) >= 11 is 0. The van der Waals surface area contributed by atoms with Crippen LogP contribution in [0.5, 0.6) is 0 Å². The molecule has 1 heterocycles. The second kappa shape index (κ2) is 11.1. The number of aromatic nitrogens is 3. The van der Waals surface area contributed by atoms with Crippen molar-refractivity contribution in [1.82, 2.24) is 25.4 Å². The van der Waals surface area contributed by atoms with E-state index in [0.717, 1.165) is 35.1 Å². The van der Waals surface area contributed by atoms with E-state index >= 15 is 0 Å². The number of carbonyl (C=O) groups is 3. The summed E-state index contributed by atoms with van der Waals surface area (Å²) in [5.41, 5.74) is 14.9. The van der Waals surface area contributed by atoms with Crippen LogP contribution >= 0.6 is 0 Å². The van der Waals surface area contributed by atoms with Crippen LogP contribution in [0.25, 0.3) is 0 Å². The third-order valence-corrected chi connectivity index (χ3v) is 8.13. The van der Waals surface area contributed by atoms with Crippen LogP contribution in [0, 0.1) is 18.3 Å². The van der Waals surface area contributed by atoms with E-state index in [4.69, 9.17) is 16.5 Å².